The van der Waals surface area contributed by atoms with E-state index in [2.05, 4.69) is 186 Å². The lowest BCUT2D eigenvalue weighted by Crippen LogP contribution is -2.32. The summed E-state index contributed by atoms with van der Waals surface area (Å²) in [6.45, 7) is 2.19. The second-order valence-electron chi connectivity index (χ2n) is 14.1. The largest absolute Gasteiger partial charge is 0.333 e. The highest BCUT2D eigenvalue weighted by Gasteiger charge is 2.18. The maximum Gasteiger partial charge on any atom is 0.0560 e. The van der Waals surface area contributed by atoms with Gasteiger partial charge in [0.25, 0.3) is 0 Å². The standard InChI is InChI=1S/C49H38N2/c1-33-18-24-40(25-19-33)50-46-16-7-5-14-42(46)44-31-38(22-28-48(44)50)39-23-29-49-45(32-39)43-15-6-8-17-47(43)51(49)41-26-20-35(21-27-41)37-13-9-12-36(30-37)34-10-3-2-4-11-34/h2-4,6,8-24,26-32,40H,5,7,25H2,1H3. The summed E-state index contributed by atoms with van der Waals surface area (Å²) < 4.78 is 4.99. The normalized spacial score (nSPS) is 15.5. The Bertz CT molecular complexity index is 2820. The third-order valence-electron chi connectivity index (χ3n) is 11.0. The molecule has 0 spiro atoms. The van der Waals surface area contributed by atoms with Crippen molar-refractivity contribution in [3.8, 4) is 39.1 Å². The average Bonchev–Trinajstić information content (AvgIpc) is 3.71. The molecule has 1 unspecified atom stereocenters. The van der Waals surface area contributed by atoms with Gasteiger partial charge in [0.05, 0.1) is 17.1 Å². The van der Waals surface area contributed by atoms with E-state index >= 15 is 0 Å². The number of aromatic nitrogens is 2. The average molecular weight is 655 g/mol. The van der Waals surface area contributed by atoms with Gasteiger partial charge in [-0.3, -0.25) is 0 Å². The summed E-state index contributed by atoms with van der Waals surface area (Å²) in [7, 11) is 0. The van der Waals surface area contributed by atoms with Crippen molar-refractivity contribution >= 4 is 44.9 Å². The van der Waals surface area contributed by atoms with Gasteiger partial charge in [-0.1, -0.05) is 127 Å². The van der Waals surface area contributed by atoms with Gasteiger partial charge in [-0.25, -0.2) is 0 Å². The van der Waals surface area contributed by atoms with E-state index in [1.807, 2.05) is 0 Å². The number of benzene rings is 6. The first-order valence-corrected chi connectivity index (χ1v) is 18.2. The van der Waals surface area contributed by atoms with Crippen LogP contribution in [0.2, 0.25) is 0 Å². The van der Waals surface area contributed by atoms with Crippen LogP contribution in [0.3, 0.4) is 0 Å². The first-order valence-electron chi connectivity index (χ1n) is 18.2. The van der Waals surface area contributed by atoms with E-state index in [1.54, 1.807) is 0 Å². The molecule has 0 N–H and O–H groups in total. The van der Waals surface area contributed by atoms with Gasteiger partial charge in [0.2, 0.25) is 0 Å². The van der Waals surface area contributed by atoms with Gasteiger partial charge in [0.15, 0.2) is 0 Å². The van der Waals surface area contributed by atoms with Crippen molar-refractivity contribution in [2.45, 2.75) is 32.2 Å². The molecule has 0 radical (unpaired) electrons. The molecule has 0 saturated carbocycles. The molecular formula is C49H38N2. The van der Waals surface area contributed by atoms with Gasteiger partial charge in [-0.05, 0) is 108 Å². The molecule has 10 rings (SSSR count). The van der Waals surface area contributed by atoms with Gasteiger partial charge < -0.3 is 9.13 Å². The summed E-state index contributed by atoms with van der Waals surface area (Å²) in [6, 6.07) is 51.8. The van der Waals surface area contributed by atoms with Crippen LogP contribution >= 0.6 is 0 Å². The van der Waals surface area contributed by atoms with E-state index in [0.717, 1.165) is 19.3 Å². The van der Waals surface area contributed by atoms with Crippen molar-refractivity contribution < 1.29 is 0 Å². The van der Waals surface area contributed by atoms with Crippen LogP contribution in [-0.4, -0.2) is 9.13 Å². The molecule has 2 heterocycles. The van der Waals surface area contributed by atoms with Crippen molar-refractivity contribution in [2.75, 3.05) is 0 Å². The third-order valence-corrected chi connectivity index (χ3v) is 11.0. The molecule has 2 aromatic heterocycles. The first kappa shape index (κ1) is 29.8. The van der Waals surface area contributed by atoms with Crippen molar-refractivity contribution in [1.82, 2.24) is 9.13 Å². The Kier molecular flexibility index (Phi) is 7.02. The maximum atomic E-state index is 2.58. The molecule has 0 amide bonds. The Labute approximate surface area is 298 Å². The van der Waals surface area contributed by atoms with Crippen LogP contribution in [0, 0.1) is 0 Å². The van der Waals surface area contributed by atoms with Gasteiger partial charge in [0.1, 0.15) is 0 Å². The number of hydrogen-bond donors (Lipinski definition) is 0. The smallest absolute Gasteiger partial charge is 0.0560 e. The van der Waals surface area contributed by atoms with Crippen molar-refractivity contribution in [3.63, 3.8) is 0 Å². The number of nitrogens with zero attached hydrogens (tertiary/aromatic N) is 2. The van der Waals surface area contributed by atoms with Gasteiger partial charge >= 0.3 is 0 Å². The van der Waals surface area contributed by atoms with Gasteiger partial charge in [-0.2, -0.15) is 0 Å². The number of fused-ring (bicyclic) bond motifs is 6. The predicted molar refractivity (Wildman–Crippen MR) is 217 cm³/mol. The summed E-state index contributed by atoms with van der Waals surface area (Å²) >= 11 is 0. The molecule has 2 aliphatic carbocycles. The lowest BCUT2D eigenvalue weighted by molar-refractivity contribution is 0.609. The van der Waals surface area contributed by atoms with Crippen LogP contribution < -0.4 is 10.6 Å². The van der Waals surface area contributed by atoms with Crippen LogP contribution in [0.25, 0.3) is 83.9 Å². The maximum absolute atomic E-state index is 2.58. The zero-order valence-electron chi connectivity index (χ0n) is 28.8. The molecule has 2 heteroatoms. The summed E-state index contributed by atoms with van der Waals surface area (Å²) in [5.41, 5.74) is 13.7. The summed E-state index contributed by atoms with van der Waals surface area (Å²) in [5, 5.41) is 6.68. The Morgan fingerprint density at radius 1 is 0.490 bits per heavy atom. The van der Waals surface area contributed by atoms with Crippen molar-refractivity contribution in [2.24, 2.45) is 0 Å². The van der Waals surface area contributed by atoms with Gasteiger partial charge in [-0.15, -0.1) is 0 Å². The third kappa shape index (κ3) is 5.02. The first-order chi connectivity index (χ1) is 25.2. The monoisotopic (exact) mass is 654 g/mol. The highest BCUT2D eigenvalue weighted by molar-refractivity contribution is 6.10. The molecule has 0 saturated heterocycles. The molecule has 2 aliphatic rings. The summed E-state index contributed by atoms with van der Waals surface area (Å²) in [5.74, 6) is 0. The lowest BCUT2D eigenvalue weighted by atomic mass is 9.99. The fraction of sp³-hybridized carbons (Fsp3) is 0.102. The minimum absolute atomic E-state index is 0.351. The van der Waals surface area contributed by atoms with E-state index in [-0.39, 0.29) is 0 Å². The van der Waals surface area contributed by atoms with Gasteiger partial charge in [0, 0.05) is 37.9 Å². The molecule has 1 atom stereocenters. The number of para-hydroxylation sites is 1. The van der Waals surface area contributed by atoms with Crippen LogP contribution in [0.5, 0.6) is 0 Å². The SMILES string of the molecule is CC1=CCC(n2c3c(c4cc(-c5ccc6c(c5)c5ccccc5n6-c5ccc(-c6cccc(-c7ccccc7)c6)cc5)ccc42)=CCCC=3)C=C1. The number of allylic oxidation sites excluding steroid dienone is 4. The second-order valence-corrected chi connectivity index (χ2v) is 14.1. The molecular weight excluding hydrogens is 617 g/mol. The Morgan fingerprint density at radius 2 is 1.12 bits per heavy atom. The Balaban J connectivity index is 1.05. The quantitative estimate of drug-likeness (QED) is 0.175. The zero-order valence-corrected chi connectivity index (χ0v) is 28.8. The van der Waals surface area contributed by atoms with E-state index in [9.17, 15) is 0 Å². The fourth-order valence-corrected chi connectivity index (χ4v) is 8.42. The van der Waals surface area contributed by atoms with E-state index in [1.165, 1.54) is 87.9 Å². The lowest BCUT2D eigenvalue weighted by Gasteiger charge is -2.19. The van der Waals surface area contributed by atoms with Crippen LogP contribution in [0.15, 0.2) is 163 Å². The van der Waals surface area contributed by atoms with E-state index in [4.69, 9.17) is 0 Å². The fourth-order valence-electron chi connectivity index (χ4n) is 8.42. The minimum atomic E-state index is 0.351. The number of hydrogen-bond acceptors (Lipinski definition) is 0. The second kappa shape index (κ2) is 12.0. The molecule has 0 bridgehead atoms. The van der Waals surface area contributed by atoms with Crippen LogP contribution in [0.1, 0.15) is 32.2 Å². The molecule has 0 aliphatic heterocycles. The molecule has 8 aromatic rings. The molecule has 0 fully saturated rings. The predicted octanol–water partition coefficient (Wildman–Crippen LogP) is 11.5. The molecule has 6 aromatic carbocycles. The summed E-state index contributed by atoms with van der Waals surface area (Å²) in [4.78, 5) is 0. The molecule has 244 valence electrons. The van der Waals surface area contributed by atoms with E-state index in [0.29, 0.717) is 6.04 Å². The highest BCUT2D eigenvalue weighted by Crippen LogP contribution is 2.36. The highest BCUT2D eigenvalue weighted by atomic mass is 15.0. The molecule has 2 nitrogen and oxygen atoms in total. The topological polar surface area (TPSA) is 9.86 Å². The van der Waals surface area contributed by atoms with Crippen molar-refractivity contribution in [1.29, 1.82) is 0 Å². The Hall–Kier alpha value is -6.12. The zero-order chi connectivity index (χ0) is 33.9. The Morgan fingerprint density at radius 3 is 1.90 bits per heavy atom. The summed E-state index contributed by atoms with van der Waals surface area (Å²) in [6.07, 6.45) is 15.2. The van der Waals surface area contributed by atoms with Crippen LogP contribution in [-0.2, 0) is 0 Å². The van der Waals surface area contributed by atoms with E-state index < -0.39 is 0 Å². The number of rotatable bonds is 5. The minimum Gasteiger partial charge on any atom is -0.333 e. The van der Waals surface area contributed by atoms with Crippen molar-refractivity contribution in [3.05, 3.63) is 174 Å². The molecule has 51 heavy (non-hydrogen) atoms. The van der Waals surface area contributed by atoms with Crippen LogP contribution in [0.4, 0.5) is 0 Å².